The molecule has 2 heterocycles. The summed E-state index contributed by atoms with van der Waals surface area (Å²) in [7, 11) is 0. The van der Waals surface area contributed by atoms with E-state index in [0.29, 0.717) is 26.3 Å². The molecule has 0 bridgehead atoms. The van der Waals surface area contributed by atoms with Crippen molar-refractivity contribution in [1.29, 1.82) is 0 Å². The second kappa shape index (κ2) is 8.80. The molecule has 0 atom stereocenters. The molecule has 0 aliphatic carbocycles. The summed E-state index contributed by atoms with van der Waals surface area (Å²) in [5.41, 5.74) is 0.704. The van der Waals surface area contributed by atoms with E-state index < -0.39 is 29.0 Å². The minimum absolute atomic E-state index is 0.0120. The van der Waals surface area contributed by atoms with Gasteiger partial charge in [-0.05, 0) is 12.1 Å². The average molecular weight is 380 g/mol. The van der Waals surface area contributed by atoms with Crippen molar-refractivity contribution in [2.45, 2.75) is 0 Å². The summed E-state index contributed by atoms with van der Waals surface area (Å²) >= 11 is 0. The topological polar surface area (TPSA) is 99.6 Å². The summed E-state index contributed by atoms with van der Waals surface area (Å²) in [4.78, 5) is 26.6. The number of rotatable bonds is 6. The Bertz CT molecular complexity index is 771. The molecule has 0 spiro atoms. The molecule has 0 unspecified atom stereocenters. The van der Waals surface area contributed by atoms with Crippen LogP contribution in [0.3, 0.4) is 0 Å². The monoisotopic (exact) mass is 380 g/mol. The van der Waals surface area contributed by atoms with Crippen LogP contribution in [0.25, 0.3) is 0 Å². The highest BCUT2D eigenvalue weighted by Gasteiger charge is 2.27. The molecule has 1 aromatic rings. The lowest BCUT2D eigenvalue weighted by atomic mass is 10.1. The number of carbonyl (C=O) groups is 2. The first-order valence-corrected chi connectivity index (χ1v) is 8.51. The SMILES string of the molecule is O=C(NCCN1CCOCC1)C1=N[NH2+]C=C1NC(=O)c1c(F)cccc1F. The first kappa shape index (κ1) is 19.1. The zero-order valence-electron chi connectivity index (χ0n) is 14.5. The third-order valence-electron chi connectivity index (χ3n) is 4.17. The van der Waals surface area contributed by atoms with E-state index in [1.807, 2.05) is 0 Å². The van der Waals surface area contributed by atoms with E-state index in [2.05, 4.69) is 20.6 Å². The predicted molar refractivity (Wildman–Crippen MR) is 91.5 cm³/mol. The number of carbonyl (C=O) groups excluding carboxylic acids is 2. The number of nitrogens with zero attached hydrogens (tertiary/aromatic N) is 2. The van der Waals surface area contributed by atoms with Gasteiger partial charge in [-0.3, -0.25) is 14.5 Å². The van der Waals surface area contributed by atoms with Crippen LogP contribution in [0.2, 0.25) is 0 Å². The fraction of sp³-hybridized carbons (Fsp3) is 0.353. The van der Waals surface area contributed by atoms with Crippen LogP contribution < -0.4 is 16.1 Å². The summed E-state index contributed by atoms with van der Waals surface area (Å²) in [6.07, 6.45) is 1.40. The van der Waals surface area contributed by atoms with Crippen molar-refractivity contribution in [2.24, 2.45) is 5.10 Å². The molecule has 1 aromatic carbocycles. The number of halogens is 2. The minimum Gasteiger partial charge on any atom is -0.379 e. The van der Waals surface area contributed by atoms with Crippen LogP contribution in [0.15, 0.2) is 35.2 Å². The van der Waals surface area contributed by atoms with Gasteiger partial charge in [0.2, 0.25) is 5.71 Å². The van der Waals surface area contributed by atoms with Crippen LogP contribution in [0.4, 0.5) is 8.78 Å². The number of amides is 2. The van der Waals surface area contributed by atoms with Gasteiger partial charge in [0.15, 0.2) is 0 Å². The normalized spacial score (nSPS) is 17.3. The molecule has 2 aliphatic rings. The highest BCUT2D eigenvalue weighted by atomic mass is 19.1. The van der Waals surface area contributed by atoms with E-state index in [4.69, 9.17) is 4.74 Å². The van der Waals surface area contributed by atoms with E-state index in [-0.39, 0.29) is 11.4 Å². The standard InChI is InChI=1S/C17H19F2N5O3/c18-11-2-1-3-12(19)14(11)16(25)22-13-10-21-23-15(13)17(26)20-4-5-24-6-8-27-9-7-24/h1-3,10H,4-9H2,(H,20,26)(H,21,23)(H,22,25)/p+1. The molecular formula is C17H20F2N5O3+. The van der Waals surface area contributed by atoms with Crippen LogP contribution in [0.1, 0.15) is 10.4 Å². The maximum atomic E-state index is 13.7. The summed E-state index contributed by atoms with van der Waals surface area (Å²) < 4.78 is 32.7. The van der Waals surface area contributed by atoms with E-state index in [9.17, 15) is 18.4 Å². The molecule has 0 aromatic heterocycles. The lowest BCUT2D eigenvalue weighted by Gasteiger charge is -2.26. The number of quaternary nitrogens is 1. The predicted octanol–water partition coefficient (Wildman–Crippen LogP) is -1.08. The number of nitrogens with two attached hydrogens (primary N) is 1. The Labute approximate surface area is 154 Å². The molecule has 2 aliphatic heterocycles. The van der Waals surface area contributed by atoms with Crippen molar-refractivity contribution in [1.82, 2.24) is 15.5 Å². The van der Waals surface area contributed by atoms with Crippen LogP contribution in [0.5, 0.6) is 0 Å². The van der Waals surface area contributed by atoms with Gasteiger partial charge in [-0.1, -0.05) is 11.2 Å². The lowest BCUT2D eigenvalue weighted by Crippen LogP contribution is -2.69. The smallest absolute Gasteiger partial charge is 0.277 e. The van der Waals surface area contributed by atoms with Crippen molar-refractivity contribution in [2.75, 3.05) is 39.4 Å². The highest BCUT2D eigenvalue weighted by molar-refractivity contribution is 6.45. The number of nitrogens with one attached hydrogen (secondary N) is 2. The van der Waals surface area contributed by atoms with Gasteiger partial charge in [-0.25, -0.2) is 8.78 Å². The summed E-state index contributed by atoms with van der Waals surface area (Å²) in [5, 5.41) is 8.99. The molecule has 144 valence electrons. The Hall–Kier alpha value is -2.69. The Kier molecular flexibility index (Phi) is 6.22. The van der Waals surface area contributed by atoms with Crippen molar-refractivity contribution >= 4 is 17.5 Å². The molecule has 8 nitrogen and oxygen atoms in total. The molecule has 2 amide bonds. The van der Waals surface area contributed by atoms with Crippen molar-refractivity contribution in [3.63, 3.8) is 0 Å². The minimum atomic E-state index is -0.985. The van der Waals surface area contributed by atoms with Gasteiger partial charge in [-0.15, -0.1) is 0 Å². The van der Waals surface area contributed by atoms with Gasteiger partial charge >= 0.3 is 0 Å². The largest absolute Gasteiger partial charge is 0.379 e. The molecule has 10 heteroatoms. The Balaban J connectivity index is 1.55. The van der Waals surface area contributed by atoms with Crippen LogP contribution in [-0.4, -0.2) is 61.8 Å². The third-order valence-corrected chi connectivity index (χ3v) is 4.17. The fourth-order valence-corrected chi connectivity index (χ4v) is 2.75. The number of morpholine rings is 1. The van der Waals surface area contributed by atoms with Crippen LogP contribution in [-0.2, 0) is 9.53 Å². The second-order valence-corrected chi connectivity index (χ2v) is 5.97. The Morgan fingerprint density at radius 1 is 1.19 bits per heavy atom. The quantitative estimate of drug-likeness (QED) is 0.547. The average Bonchev–Trinajstić information content (AvgIpc) is 3.10. The Morgan fingerprint density at radius 2 is 1.89 bits per heavy atom. The number of benzene rings is 1. The zero-order chi connectivity index (χ0) is 19.2. The van der Waals surface area contributed by atoms with Gasteiger partial charge in [-0.2, -0.15) is 5.43 Å². The van der Waals surface area contributed by atoms with Crippen molar-refractivity contribution in [3.05, 3.63) is 47.3 Å². The summed E-state index contributed by atoms with van der Waals surface area (Å²) in [6, 6.07) is 3.14. The van der Waals surface area contributed by atoms with E-state index in [1.165, 1.54) is 17.7 Å². The molecular weight excluding hydrogens is 360 g/mol. The first-order chi connectivity index (χ1) is 13.1. The maximum absolute atomic E-state index is 13.7. The molecule has 0 saturated carbocycles. The fourth-order valence-electron chi connectivity index (χ4n) is 2.75. The molecule has 3 rings (SSSR count). The van der Waals surface area contributed by atoms with Gasteiger partial charge in [0.25, 0.3) is 11.8 Å². The Morgan fingerprint density at radius 3 is 2.59 bits per heavy atom. The number of ether oxygens (including phenoxy) is 1. The van der Waals surface area contributed by atoms with E-state index in [1.54, 1.807) is 0 Å². The molecule has 27 heavy (non-hydrogen) atoms. The molecule has 1 saturated heterocycles. The van der Waals surface area contributed by atoms with E-state index in [0.717, 1.165) is 25.2 Å². The molecule has 1 fully saturated rings. The highest BCUT2D eigenvalue weighted by Crippen LogP contribution is 2.12. The number of hydrogen-bond donors (Lipinski definition) is 3. The van der Waals surface area contributed by atoms with Gasteiger partial charge in [0, 0.05) is 26.2 Å². The van der Waals surface area contributed by atoms with Crippen LogP contribution >= 0.6 is 0 Å². The lowest BCUT2D eigenvalue weighted by molar-refractivity contribution is -0.590. The summed E-state index contributed by atoms with van der Waals surface area (Å²) in [5.74, 6) is -3.43. The summed E-state index contributed by atoms with van der Waals surface area (Å²) in [6.45, 7) is 4.02. The van der Waals surface area contributed by atoms with Gasteiger partial charge < -0.3 is 15.4 Å². The second-order valence-electron chi connectivity index (χ2n) is 5.97. The van der Waals surface area contributed by atoms with Crippen LogP contribution in [0, 0.1) is 11.6 Å². The first-order valence-electron chi connectivity index (χ1n) is 8.51. The van der Waals surface area contributed by atoms with Gasteiger partial charge in [0.05, 0.1) is 13.2 Å². The molecule has 0 radical (unpaired) electrons. The van der Waals surface area contributed by atoms with Crippen molar-refractivity contribution < 1.29 is 28.5 Å². The zero-order valence-corrected chi connectivity index (χ0v) is 14.5. The van der Waals surface area contributed by atoms with Gasteiger partial charge in [0.1, 0.15) is 29.1 Å². The maximum Gasteiger partial charge on any atom is 0.277 e. The van der Waals surface area contributed by atoms with Crippen molar-refractivity contribution in [3.8, 4) is 0 Å². The van der Waals surface area contributed by atoms with E-state index >= 15 is 0 Å². The third kappa shape index (κ3) is 4.73. The molecule has 4 N–H and O–H groups in total. The number of hydrogen-bond acceptors (Lipinski definition) is 5.